The maximum Gasteiger partial charge on any atom is 0.000955 e. The summed E-state index contributed by atoms with van der Waals surface area (Å²) in [6.07, 6.45) is 8.47. The highest BCUT2D eigenvalue weighted by molar-refractivity contribution is 4.70. The molecule has 0 aromatic heterocycles. The maximum atomic E-state index is 2.66. The van der Waals surface area contributed by atoms with Gasteiger partial charge in [0.15, 0.2) is 0 Å². The van der Waals surface area contributed by atoms with Gasteiger partial charge in [0.05, 0.1) is 0 Å². The fraction of sp³-hybridized carbons (Fsp3) is 1.00. The first-order valence-corrected chi connectivity index (χ1v) is 6.09. The predicted molar refractivity (Wildman–Crippen MR) is 59.0 cm³/mol. The molecule has 1 rings (SSSR count). The van der Waals surface area contributed by atoms with Crippen LogP contribution in [0.2, 0.25) is 0 Å². The second kappa shape index (κ2) is 6.42. The van der Waals surface area contributed by atoms with Crippen LogP contribution in [0.4, 0.5) is 0 Å². The third-order valence-corrected chi connectivity index (χ3v) is 3.26. The molecular weight excluding hydrogens is 158 g/mol. The molecular formula is C12H25N. The molecule has 1 nitrogen and oxygen atoms in total. The van der Waals surface area contributed by atoms with Crippen molar-refractivity contribution in [3.63, 3.8) is 0 Å². The van der Waals surface area contributed by atoms with Crippen LogP contribution < -0.4 is 0 Å². The van der Waals surface area contributed by atoms with Crippen molar-refractivity contribution >= 4 is 0 Å². The van der Waals surface area contributed by atoms with E-state index in [2.05, 4.69) is 18.7 Å². The fourth-order valence-corrected chi connectivity index (χ4v) is 2.25. The third-order valence-electron chi connectivity index (χ3n) is 3.26. The smallest absolute Gasteiger partial charge is 0.000955 e. The number of nitrogens with zero attached hydrogens (tertiary/aromatic N) is 1. The van der Waals surface area contributed by atoms with Gasteiger partial charge in [0.1, 0.15) is 0 Å². The van der Waals surface area contributed by atoms with Gasteiger partial charge in [0.2, 0.25) is 0 Å². The molecule has 0 aliphatic carbocycles. The summed E-state index contributed by atoms with van der Waals surface area (Å²) in [5, 5.41) is 0. The number of hydrogen-bond donors (Lipinski definition) is 0. The van der Waals surface area contributed by atoms with Crippen molar-refractivity contribution in [3.8, 4) is 0 Å². The van der Waals surface area contributed by atoms with Crippen molar-refractivity contribution in [2.24, 2.45) is 5.92 Å². The molecule has 0 aromatic rings. The highest BCUT2D eigenvalue weighted by Crippen LogP contribution is 2.17. The quantitative estimate of drug-likeness (QED) is 0.610. The lowest BCUT2D eigenvalue weighted by Crippen LogP contribution is -2.26. The molecule has 0 bridgehead atoms. The van der Waals surface area contributed by atoms with E-state index in [0.717, 1.165) is 5.92 Å². The van der Waals surface area contributed by atoms with Crippen LogP contribution in [0.5, 0.6) is 0 Å². The van der Waals surface area contributed by atoms with Crippen molar-refractivity contribution in [2.45, 2.75) is 52.4 Å². The van der Waals surface area contributed by atoms with E-state index in [4.69, 9.17) is 0 Å². The summed E-state index contributed by atoms with van der Waals surface area (Å²) < 4.78 is 0. The third kappa shape index (κ3) is 4.12. The van der Waals surface area contributed by atoms with Gasteiger partial charge in [-0.25, -0.2) is 0 Å². The molecule has 0 amide bonds. The first-order chi connectivity index (χ1) is 6.36. The lowest BCUT2D eigenvalue weighted by Gasteiger charge is -2.22. The van der Waals surface area contributed by atoms with Crippen LogP contribution in [0.25, 0.3) is 0 Å². The predicted octanol–water partition coefficient (Wildman–Crippen LogP) is 3.30. The molecule has 1 atom stereocenters. The van der Waals surface area contributed by atoms with Crippen molar-refractivity contribution < 1.29 is 0 Å². The Morgan fingerprint density at radius 2 is 1.85 bits per heavy atom. The summed E-state index contributed by atoms with van der Waals surface area (Å²) in [4.78, 5) is 2.66. The van der Waals surface area contributed by atoms with Crippen molar-refractivity contribution in [3.05, 3.63) is 0 Å². The average Bonchev–Trinajstić information content (AvgIpc) is 2.64. The first-order valence-electron chi connectivity index (χ1n) is 6.09. The van der Waals surface area contributed by atoms with Crippen molar-refractivity contribution in [2.75, 3.05) is 19.6 Å². The second-order valence-electron chi connectivity index (χ2n) is 4.42. The number of likely N-dealkylation sites (tertiary alicyclic amines) is 1. The molecule has 0 N–H and O–H groups in total. The second-order valence-corrected chi connectivity index (χ2v) is 4.42. The molecule has 0 saturated carbocycles. The molecule has 13 heavy (non-hydrogen) atoms. The Hall–Kier alpha value is -0.0400. The summed E-state index contributed by atoms with van der Waals surface area (Å²) in [7, 11) is 0. The number of unbranched alkanes of at least 4 members (excludes halogenated alkanes) is 1. The van der Waals surface area contributed by atoms with Gasteiger partial charge in [-0.2, -0.15) is 0 Å². The van der Waals surface area contributed by atoms with Gasteiger partial charge >= 0.3 is 0 Å². The minimum Gasteiger partial charge on any atom is -0.303 e. The van der Waals surface area contributed by atoms with E-state index >= 15 is 0 Å². The van der Waals surface area contributed by atoms with Gasteiger partial charge in [-0.1, -0.05) is 33.1 Å². The zero-order valence-electron chi connectivity index (χ0n) is 9.39. The lowest BCUT2D eigenvalue weighted by molar-refractivity contribution is 0.260. The minimum absolute atomic E-state index is 0.970. The van der Waals surface area contributed by atoms with Crippen LogP contribution in [-0.2, 0) is 0 Å². The lowest BCUT2D eigenvalue weighted by atomic mass is 9.99. The van der Waals surface area contributed by atoms with Gasteiger partial charge in [0, 0.05) is 6.54 Å². The van der Waals surface area contributed by atoms with Crippen LogP contribution in [0.1, 0.15) is 52.4 Å². The SMILES string of the molecule is CCCCC(CC)CN1CCCC1. The Balaban J connectivity index is 2.13. The van der Waals surface area contributed by atoms with E-state index in [1.165, 1.54) is 58.2 Å². The van der Waals surface area contributed by atoms with Crippen LogP contribution >= 0.6 is 0 Å². The summed E-state index contributed by atoms with van der Waals surface area (Å²) in [6.45, 7) is 8.74. The first kappa shape index (κ1) is 11.0. The topological polar surface area (TPSA) is 3.24 Å². The van der Waals surface area contributed by atoms with E-state index in [1.807, 2.05) is 0 Å². The highest BCUT2D eigenvalue weighted by Gasteiger charge is 2.15. The zero-order chi connectivity index (χ0) is 9.52. The highest BCUT2D eigenvalue weighted by atomic mass is 15.1. The zero-order valence-corrected chi connectivity index (χ0v) is 9.39. The van der Waals surface area contributed by atoms with Crippen LogP contribution in [0, 0.1) is 5.92 Å². The molecule has 1 fully saturated rings. The van der Waals surface area contributed by atoms with E-state index in [-0.39, 0.29) is 0 Å². The van der Waals surface area contributed by atoms with Gasteiger partial charge in [-0.3, -0.25) is 0 Å². The minimum atomic E-state index is 0.970. The Labute approximate surface area is 83.5 Å². The fourth-order valence-electron chi connectivity index (χ4n) is 2.25. The molecule has 1 heteroatoms. The summed E-state index contributed by atoms with van der Waals surface area (Å²) in [5.74, 6) is 0.970. The number of rotatable bonds is 6. The van der Waals surface area contributed by atoms with Crippen molar-refractivity contribution in [1.82, 2.24) is 4.90 Å². The molecule has 0 radical (unpaired) electrons. The Kier molecular flexibility index (Phi) is 5.45. The normalized spacial score (nSPS) is 20.8. The van der Waals surface area contributed by atoms with E-state index in [9.17, 15) is 0 Å². The van der Waals surface area contributed by atoms with Gasteiger partial charge in [0.25, 0.3) is 0 Å². The Morgan fingerprint density at radius 1 is 1.15 bits per heavy atom. The molecule has 1 heterocycles. The molecule has 0 spiro atoms. The molecule has 1 unspecified atom stereocenters. The van der Waals surface area contributed by atoms with E-state index < -0.39 is 0 Å². The molecule has 1 aliphatic rings. The van der Waals surface area contributed by atoms with Gasteiger partial charge in [-0.15, -0.1) is 0 Å². The maximum absolute atomic E-state index is 2.66. The molecule has 78 valence electrons. The summed E-state index contributed by atoms with van der Waals surface area (Å²) >= 11 is 0. The Morgan fingerprint density at radius 3 is 2.38 bits per heavy atom. The van der Waals surface area contributed by atoms with Crippen LogP contribution in [0.15, 0.2) is 0 Å². The average molecular weight is 183 g/mol. The van der Waals surface area contributed by atoms with E-state index in [0.29, 0.717) is 0 Å². The standard InChI is InChI=1S/C12H25N/c1-3-5-8-12(4-2)11-13-9-6-7-10-13/h12H,3-11H2,1-2H3. The van der Waals surface area contributed by atoms with Gasteiger partial charge < -0.3 is 4.90 Å². The number of hydrogen-bond acceptors (Lipinski definition) is 1. The summed E-state index contributed by atoms with van der Waals surface area (Å²) in [5.41, 5.74) is 0. The monoisotopic (exact) mass is 183 g/mol. The Bertz CT molecular complexity index is 116. The largest absolute Gasteiger partial charge is 0.303 e. The summed E-state index contributed by atoms with van der Waals surface area (Å²) in [6, 6.07) is 0. The molecule has 1 aliphatic heterocycles. The van der Waals surface area contributed by atoms with Gasteiger partial charge in [-0.05, 0) is 38.3 Å². The van der Waals surface area contributed by atoms with Crippen LogP contribution in [0.3, 0.4) is 0 Å². The van der Waals surface area contributed by atoms with Crippen LogP contribution in [-0.4, -0.2) is 24.5 Å². The molecule has 1 saturated heterocycles. The van der Waals surface area contributed by atoms with E-state index in [1.54, 1.807) is 0 Å². The molecule has 0 aromatic carbocycles. The van der Waals surface area contributed by atoms with Crippen molar-refractivity contribution in [1.29, 1.82) is 0 Å².